The van der Waals surface area contributed by atoms with Crippen LogP contribution >= 0.6 is 15.9 Å². The second-order valence-electron chi connectivity index (χ2n) is 3.35. The van der Waals surface area contributed by atoms with Crippen LogP contribution < -0.4 is 0 Å². The number of Topliss-reactive ketones (excluding diaryl/α,β-unsaturated/α-hetero) is 1. The lowest BCUT2D eigenvalue weighted by atomic mass is 10.1. The van der Waals surface area contributed by atoms with Gasteiger partial charge in [-0.3, -0.25) is 4.79 Å². The van der Waals surface area contributed by atoms with E-state index >= 15 is 0 Å². The summed E-state index contributed by atoms with van der Waals surface area (Å²) in [6.45, 7) is 0. The van der Waals surface area contributed by atoms with Gasteiger partial charge in [0.25, 0.3) is 0 Å². The van der Waals surface area contributed by atoms with Crippen LogP contribution in [0.5, 0.6) is 0 Å². The largest absolute Gasteiger partial charge is 0.472 e. The maximum atomic E-state index is 13.4. The van der Waals surface area contributed by atoms with E-state index in [1.807, 2.05) is 0 Å². The van der Waals surface area contributed by atoms with Crippen LogP contribution in [0.1, 0.15) is 15.9 Å². The van der Waals surface area contributed by atoms with Gasteiger partial charge in [0.1, 0.15) is 12.1 Å². The predicted molar refractivity (Wildman–Crippen MR) is 60.8 cm³/mol. The van der Waals surface area contributed by atoms with Gasteiger partial charge in [-0.2, -0.15) is 0 Å². The Hall–Kier alpha value is -1.42. The summed E-state index contributed by atoms with van der Waals surface area (Å²) in [7, 11) is 0. The summed E-state index contributed by atoms with van der Waals surface area (Å²) in [6, 6.07) is 6.22. The lowest BCUT2D eigenvalue weighted by Gasteiger charge is -2.01. The van der Waals surface area contributed by atoms with Crippen molar-refractivity contribution in [2.75, 3.05) is 0 Å². The van der Waals surface area contributed by atoms with Crippen molar-refractivity contribution in [3.63, 3.8) is 0 Å². The minimum atomic E-state index is -0.383. The molecule has 82 valence electrons. The fourth-order valence-corrected chi connectivity index (χ4v) is 1.70. The van der Waals surface area contributed by atoms with Gasteiger partial charge in [0.15, 0.2) is 5.78 Å². The average Bonchev–Trinajstić information content (AvgIpc) is 2.75. The zero-order valence-corrected chi connectivity index (χ0v) is 9.83. The molecule has 0 bridgehead atoms. The Labute approximate surface area is 100 Å². The van der Waals surface area contributed by atoms with Gasteiger partial charge in [0.05, 0.1) is 11.8 Å². The highest BCUT2D eigenvalue weighted by Gasteiger charge is 2.11. The maximum absolute atomic E-state index is 13.4. The highest BCUT2D eigenvalue weighted by Crippen LogP contribution is 2.17. The fourth-order valence-electron chi connectivity index (χ4n) is 1.36. The highest BCUT2D eigenvalue weighted by molar-refractivity contribution is 9.10. The maximum Gasteiger partial charge on any atom is 0.170 e. The van der Waals surface area contributed by atoms with Crippen molar-refractivity contribution in [3.05, 3.63) is 58.2 Å². The van der Waals surface area contributed by atoms with Crippen LogP contribution in [-0.4, -0.2) is 5.78 Å². The molecule has 0 saturated carbocycles. The lowest BCUT2D eigenvalue weighted by Crippen LogP contribution is -2.03. The van der Waals surface area contributed by atoms with Gasteiger partial charge in [-0.1, -0.05) is 22.0 Å². The first-order valence-corrected chi connectivity index (χ1v) is 5.45. The van der Waals surface area contributed by atoms with Crippen molar-refractivity contribution >= 4 is 21.7 Å². The molecule has 0 aliphatic heterocycles. The zero-order valence-electron chi connectivity index (χ0n) is 8.24. The first kappa shape index (κ1) is 11.1. The molecule has 0 aliphatic carbocycles. The predicted octanol–water partition coefficient (Wildman–Crippen LogP) is 3.61. The van der Waals surface area contributed by atoms with Crippen LogP contribution in [0.15, 0.2) is 45.7 Å². The van der Waals surface area contributed by atoms with Crippen molar-refractivity contribution in [1.29, 1.82) is 0 Å². The van der Waals surface area contributed by atoms with Crippen molar-refractivity contribution in [3.8, 4) is 0 Å². The summed E-state index contributed by atoms with van der Waals surface area (Å²) in [5.41, 5.74) is 0.844. The van der Waals surface area contributed by atoms with Crippen LogP contribution in [0.25, 0.3) is 0 Å². The van der Waals surface area contributed by atoms with E-state index in [9.17, 15) is 9.18 Å². The first-order chi connectivity index (χ1) is 7.66. The number of hydrogen-bond acceptors (Lipinski definition) is 2. The molecule has 4 heteroatoms. The third kappa shape index (κ3) is 2.39. The number of rotatable bonds is 3. The SMILES string of the molecule is O=C(Cc1ccc(Br)cc1F)c1ccoc1. The molecular weight excluding hydrogens is 275 g/mol. The van der Waals surface area contributed by atoms with E-state index < -0.39 is 0 Å². The van der Waals surface area contributed by atoms with Crippen LogP contribution in [0.3, 0.4) is 0 Å². The number of furan rings is 1. The Balaban J connectivity index is 2.18. The van der Waals surface area contributed by atoms with E-state index in [1.54, 1.807) is 18.2 Å². The van der Waals surface area contributed by atoms with Crippen LogP contribution in [0.4, 0.5) is 4.39 Å². The number of carbonyl (C=O) groups is 1. The summed E-state index contributed by atoms with van der Waals surface area (Å²) in [5.74, 6) is -0.541. The second kappa shape index (κ2) is 4.61. The summed E-state index contributed by atoms with van der Waals surface area (Å²) in [5, 5.41) is 0. The summed E-state index contributed by atoms with van der Waals surface area (Å²) in [6.07, 6.45) is 2.82. The highest BCUT2D eigenvalue weighted by atomic mass is 79.9. The minimum Gasteiger partial charge on any atom is -0.472 e. The fraction of sp³-hybridized carbons (Fsp3) is 0.0833. The third-order valence-corrected chi connectivity index (χ3v) is 2.70. The van der Waals surface area contributed by atoms with Crippen molar-refractivity contribution < 1.29 is 13.6 Å². The summed E-state index contributed by atoms with van der Waals surface area (Å²) in [4.78, 5) is 11.7. The number of benzene rings is 1. The summed E-state index contributed by atoms with van der Waals surface area (Å²) < 4.78 is 18.9. The van der Waals surface area contributed by atoms with Gasteiger partial charge < -0.3 is 4.42 Å². The molecule has 0 radical (unpaired) electrons. The van der Waals surface area contributed by atoms with Gasteiger partial charge in [0, 0.05) is 10.9 Å². The molecule has 1 aromatic heterocycles. The Morgan fingerprint density at radius 1 is 1.38 bits per heavy atom. The lowest BCUT2D eigenvalue weighted by molar-refractivity contribution is 0.0991. The Morgan fingerprint density at radius 3 is 2.81 bits per heavy atom. The molecule has 2 nitrogen and oxygen atoms in total. The van der Waals surface area contributed by atoms with Gasteiger partial charge in [-0.25, -0.2) is 4.39 Å². The monoisotopic (exact) mass is 282 g/mol. The molecule has 0 amide bonds. The van der Waals surface area contributed by atoms with Gasteiger partial charge in [-0.05, 0) is 23.8 Å². The molecule has 0 fully saturated rings. The van der Waals surface area contributed by atoms with Gasteiger partial charge in [-0.15, -0.1) is 0 Å². The van der Waals surface area contributed by atoms with Crippen LogP contribution in [0.2, 0.25) is 0 Å². The number of carbonyl (C=O) groups excluding carboxylic acids is 1. The van der Waals surface area contributed by atoms with E-state index in [2.05, 4.69) is 15.9 Å². The standard InChI is InChI=1S/C12H8BrFO2/c13-10-2-1-8(11(14)6-10)5-12(15)9-3-4-16-7-9/h1-4,6-7H,5H2. The van der Waals surface area contributed by atoms with Gasteiger partial charge >= 0.3 is 0 Å². The Bertz CT molecular complexity index is 506. The molecule has 0 N–H and O–H groups in total. The molecule has 0 spiro atoms. The van der Waals surface area contributed by atoms with E-state index in [1.165, 1.54) is 18.6 Å². The normalized spacial score (nSPS) is 10.4. The van der Waals surface area contributed by atoms with E-state index in [0.717, 1.165) is 0 Å². The molecule has 0 saturated heterocycles. The van der Waals surface area contributed by atoms with Crippen LogP contribution in [-0.2, 0) is 6.42 Å². The van der Waals surface area contributed by atoms with E-state index in [-0.39, 0.29) is 18.0 Å². The first-order valence-electron chi connectivity index (χ1n) is 4.66. The Morgan fingerprint density at radius 2 is 2.19 bits per heavy atom. The molecule has 2 aromatic rings. The quantitative estimate of drug-likeness (QED) is 0.805. The zero-order chi connectivity index (χ0) is 11.5. The molecule has 0 aliphatic rings. The molecule has 0 unspecified atom stereocenters. The Kier molecular flexibility index (Phi) is 3.19. The van der Waals surface area contributed by atoms with Crippen molar-refractivity contribution in [2.45, 2.75) is 6.42 Å². The van der Waals surface area contributed by atoms with E-state index in [4.69, 9.17) is 4.42 Å². The number of hydrogen-bond donors (Lipinski definition) is 0. The van der Waals surface area contributed by atoms with Crippen molar-refractivity contribution in [1.82, 2.24) is 0 Å². The molecule has 1 aromatic carbocycles. The number of ketones is 1. The minimum absolute atomic E-state index is 0.0403. The molecule has 0 atom stereocenters. The van der Waals surface area contributed by atoms with Crippen molar-refractivity contribution in [2.24, 2.45) is 0 Å². The third-order valence-electron chi connectivity index (χ3n) is 2.21. The smallest absolute Gasteiger partial charge is 0.170 e. The molecule has 1 heterocycles. The molecule has 2 rings (SSSR count). The van der Waals surface area contributed by atoms with Gasteiger partial charge in [0.2, 0.25) is 0 Å². The summed E-state index contributed by atoms with van der Waals surface area (Å²) >= 11 is 3.16. The molecule has 16 heavy (non-hydrogen) atoms. The van der Waals surface area contributed by atoms with E-state index in [0.29, 0.717) is 15.6 Å². The molecular formula is C12H8BrFO2. The average molecular weight is 283 g/mol. The second-order valence-corrected chi connectivity index (χ2v) is 4.26. The number of halogens is 2. The van der Waals surface area contributed by atoms with Crippen LogP contribution in [0, 0.1) is 5.82 Å². The topological polar surface area (TPSA) is 30.2 Å².